The summed E-state index contributed by atoms with van der Waals surface area (Å²) in [4.78, 5) is 34.4. The Kier molecular flexibility index (Phi) is 3.72. The van der Waals surface area contributed by atoms with Gasteiger partial charge in [-0.2, -0.15) is 0 Å². The third-order valence-corrected chi connectivity index (χ3v) is 6.19. The van der Waals surface area contributed by atoms with Gasteiger partial charge in [-0.1, -0.05) is 30.3 Å². The van der Waals surface area contributed by atoms with E-state index in [2.05, 4.69) is 4.98 Å². The zero-order chi connectivity index (χ0) is 19.3. The maximum absolute atomic E-state index is 13.4. The second-order valence-corrected chi connectivity index (χ2v) is 7.70. The first-order chi connectivity index (χ1) is 13.6. The van der Waals surface area contributed by atoms with Gasteiger partial charge in [0.2, 0.25) is 5.91 Å². The fourth-order valence-electron chi connectivity index (χ4n) is 4.82. The number of hydrogen-bond donors (Lipinski definition) is 0. The molecule has 1 fully saturated rings. The number of likely N-dealkylation sites (N-methyl/N-ethyl adjacent to an activating group) is 1. The predicted molar refractivity (Wildman–Crippen MR) is 108 cm³/mol. The number of rotatable bonds is 1. The minimum atomic E-state index is -0.634. The zero-order valence-electron chi connectivity index (χ0n) is 15.8. The molecule has 2 aromatic carbocycles. The minimum Gasteiger partial charge on any atom is -0.337 e. The molecule has 5 heteroatoms. The predicted octanol–water partition coefficient (Wildman–Crippen LogP) is 3.39. The lowest BCUT2D eigenvalue weighted by Gasteiger charge is -2.39. The average molecular weight is 371 g/mol. The summed E-state index contributed by atoms with van der Waals surface area (Å²) in [5.41, 5.74) is 2.04. The highest BCUT2D eigenvalue weighted by atomic mass is 16.2. The van der Waals surface area contributed by atoms with Crippen LogP contribution in [0.5, 0.6) is 0 Å². The van der Waals surface area contributed by atoms with Gasteiger partial charge in [0.1, 0.15) is 0 Å². The Morgan fingerprint density at radius 3 is 2.86 bits per heavy atom. The van der Waals surface area contributed by atoms with Crippen molar-refractivity contribution in [2.24, 2.45) is 0 Å². The molecule has 2 amide bonds. The van der Waals surface area contributed by atoms with Gasteiger partial charge in [-0.3, -0.25) is 14.6 Å². The number of amides is 2. The van der Waals surface area contributed by atoms with E-state index in [1.165, 1.54) is 0 Å². The van der Waals surface area contributed by atoms with Crippen LogP contribution in [0.1, 0.15) is 28.8 Å². The highest BCUT2D eigenvalue weighted by molar-refractivity contribution is 6.10. The van der Waals surface area contributed by atoms with Gasteiger partial charge in [0, 0.05) is 49.2 Å². The molecule has 1 spiro atoms. The van der Waals surface area contributed by atoms with Crippen LogP contribution in [-0.2, 0) is 10.2 Å². The van der Waals surface area contributed by atoms with E-state index in [1.54, 1.807) is 17.3 Å². The molecule has 1 aromatic heterocycles. The maximum atomic E-state index is 13.4. The van der Waals surface area contributed by atoms with Gasteiger partial charge in [0.25, 0.3) is 5.91 Å². The second kappa shape index (κ2) is 6.16. The molecule has 0 radical (unpaired) electrons. The number of benzene rings is 2. The van der Waals surface area contributed by atoms with Crippen molar-refractivity contribution in [2.75, 3.05) is 25.0 Å². The van der Waals surface area contributed by atoms with Crippen molar-refractivity contribution in [3.63, 3.8) is 0 Å². The zero-order valence-corrected chi connectivity index (χ0v) is 15.8. The van der Waals surface area contributed by atoms with Crippen LogP contribution in [0.4, 0.5) is 5.69 Å². The molecule has 1 saturated heterocycles. The molecule has 28 heavy (non-hydrogen) atoms. The second-order valence-electron chi connectivity index (χ2n) is 7.70. The largest absolute Gasteiger partial charge is 0.337 e. The van der Waals surface area contributed by atoms with Crippen LogP contribution in [0.2, 0.25) is 0 Å². The maximum Gasteiger partial charge on any atom is 0.254 e. The first-order valence-corrected chi connectivity index (χ1v) is 9.61. The van der Waals surface area contributed by atoms with Crippen LogP contribution >= 0.6 is 0 Å². The minimum absolute atomic E-state index is 0.0179. The number of aromatic nitrogens is 1. The van der Waals surface area contributed by atoms with Gasteiger partial charge in [-0.15, -0.1) is 0 Å². The van der Waals surface area contributed by atoms with Gasteiger partial charge in [-0.25, -0.2) is 0 Å². The molecule has 0 saturated carbocycles. The Balaban J connectivity index is 1.55. The Morgan fingerprint density at radius 1 is 1.11 bits per heavy atom. The smallest absolute Gasteiger partial charge is 0.254 e. The highest BCUT2D eigenvalue weighted by Crippen LogP contribution is 2.46. The van der Waals surface area contributed by atoms with Crippen LogP contribution in [0.25, 0.3) is 10.8 Å². The number of para-hydroxylation sites is 1. The monoisotopic (exact) mass is 371 g/mol. The lowest BCUT2D eigenvalue weighted by molar-refractivity contribution is -0.124. The Bertz CT molecular complexity index is 1100. The summed E-state index contributed by atoms with van der Waals surface area (Å²) in [7, 11) is 1.83. The van der Waals surface area contributed by atoms with Crippen LogP contribution < -0.4 is 4.90 Å². The molecular formula is C23H21N3O2. The number of carbonyl (C=O) groups excluding carboxylic acids is 2. The van der Waals surface area contributed by atoms with E-state index in [0.29, 0.717) is 18.7 Å². The highest BCUT2D eigenvalue weighted by Gasteiger charge is 2.52. The molecule has 0 N–H and O–H groups in total. The number of fused-ring (bicyclic) bond motifs is 3. The van der Waals surface area contributed by atoms with Crippen molar-refractivity contribution in [1.82, 2.24) is 9.88 Å². The quantitative estimate of drug-likeness (QED) is 0.659. The van der Waals surface area contributed by atoms with Crippen molar-refractivity contribution in [3.8, 4) is 0 Å². The molecule has 1 atom stereocenters. The molecule has 2 aliphatic rings. The summed E-state index contributed by atoms with van der Waals surface area (Å²) >= 11 is 0. The summed E-state index contributed by atoms with van der Waals surface area (Å²) in [5, 5.41) is 1.85. The van der Waals surface area contributed by atoms with E-state index in [9.17, 15) is 9.59 Å². The van der Waals surface area contributed by atoms with Crippen LogP contribution in [0.3, 0.4) is 0 Å². The lowest BCUT2D eigenvalue weighted by atomic mass is 9.75. The Labute approximate surface area is 163 Å². The van der Waals surface area contributed by atoms with Crippen molar-refractivity contribution < 1.29 is 9.59 Å². The summed E-state index contributed by atoms with van der Waals surface area (Å²) in [6.45, 7) is 1.09. The van der Waals surface area contributed by atoms with Gasteiger partial charge in [0.05, 0.1) is 5.41 Å². The summed E-state index contributed by atoms with van der Waals surface area (Å²) in [6.07, 6.45) is 5.07. The molecule has 5 nitrogen and oxygen atoms in total. The summed E-state index contributed by atoms with van der Waals surface area (Å²) in [5.74, 6) is 0.0732. The first-order valence-electron chi connectivity index (χ1n) is 9.61. The molecule has 0 aliphatic carbocycles. The molecule has 2 aliphatic heterocycles. The number of carbonyl (C=O) groups is 2. The summed E-state index contributed by atoms with van der Waals surface area (Å²) in [6, 6.07) is 15.6. The standard InChI is InChI=1S/C23H21N3O2/c1-25-20-9-3-2-8-19(20)23(22(25)28)11-5-13-26(15-23)21(27)18-7-4-6-16-14-24-12-10-17(16)18/h2-4,6-10,12,14H,5,11,13,15H2,1H3. The van der Waals surface area contributed by atoms with Crippen LogP contribution in [-0.4, -0.2) is 41.8 Å². The third kappa shape index (κ3) is 2.29. The van der Waals surface area contributed by atoms with Crippen LogP contribution in [0.15, 0.2) is 60.9 Å². The van der Waals surface area contributed by atoms with Gasteiger partial charge < -0.3 is 9.80 Å². The Hall–Kier alpha value is -3.21. The van der Waals surface area contributed by atoms with E-state index in [4.69, 9.17) is 0 Å². The van der Waals surface area contributed by atoms with E-state index in [-0.39, 0.29) is 11.8 Å². The van der Waals surface area contributed by atoms with Crippen molar-refractivity contribution >= 4 is 28.3 Å². The number of likely N-dealkylation sites (tertiary alicyclic amines) is 1. The fraction of sp³-hybridized carbons (Fsp3) is 0.261. The summed E-state index contributed by atoms with van der Waals surface area (Å²) < 4.78 is 0. The average Bonchev–Trinajstić information content (AvgIpc) is 2.95. The number of piperidine rings is 1. The number of hydrogen-bond acceptors (Lipinski definition) is 3. The number of pyridine rings is 1. The van der Waals surface area contributed by atoms with E-state index < -0.39 is 5.41 Å². The molecule has 140 valence electrons. The van der Waals surface area contributed by atoms with Gasteiger partial charge >= 0.3 is 0 Å². The lowest BCUT2D eigenvalue weighted by Crippen LogP contribution is -2.53. The van der Waals surface area contributed by atoms with Gasteiger partial charge in [-0.05, 0) is 42.0 Å². The van der Waals surface area contributed by atoms with E-state index >= 15 is 0 Å². The van der Waals surface area contributed by atoms with E-state index in [0.717, 1.165) is 34.9 Å². The molecule has 3 aromatic rings. The first kappa shape index (κ1) is 16.9. The van der Waals surface area contributed by atoms with Crippen LogP contribution in [0, 0.1) is 0 Å². The number of anilines is 1. The van der Waals surface area contributed by atoms with Crippen molar-refractivity contribution in [2.45, 2.75) is 18.3 Å². The number of nitrogens with zero attached hydrogens (tertiary/aromatic N) is 3. The van der Waals surface area contributed by atoms with Gasteiger partial charge in [0.15, 0.2) is 0 Å². The van der Waals surface area contributed by atoms with Crippen molar-refractivity contribution in [3.05, 3.63) is 72.1 Å². The normalized spacial score (nSPS) is 21.4. The van der Waals surface area contributed by atoms with Crippen molar-refractivity contribution in [1.29, 1.82) is 0 Å². The SMILES string of the molecule is CN1C(=O)C2(CCCN(C(=O)c3cccc4cnccc34)C2)c2ccccc21. The van der Waals surface area contributed by atoms with E-state index in [1.807, 2.05) is 60.5 Å². The Morgan fingerprint density at radius 2 is 1.96 bits per heavy atom. The molecule has 3 heterocycles. The molecular weight excluding hydrogens is 350 g/mol. The fourth-order valence-corrected chi connectivity index (χ4v) is 4.82. The third-order valence-electron chi connectivity index (χ3n) is 6.19. The molecule has 0 bridgehead atoms. The molecule has 5 rings (SSSR count). The molecule has 1 unspecified atom stereocenters. The topological polar surface area (TPSA) is 53.5 Å².